The third-order valence-corrected chi connectivity index (χ3v) is 4.51. The molecule has 1 heterocycles. The molecule has 1 aliphatic heterocycles. The smallest absolute Gasteiger partial charge is 0.335 e. The number of barbiturate groups is 1. The van der Waals surface area contributed by atoms with Gasteiger partial charge < -0.3 is 9.47 Å². The maximum absolute atomic E-state index is 13.0. The van der Waals surface area contributed by atoms with Crippen molar-refractivity contribution in [3.63, 3.8) is 0 Å². The first kappa shape index (κ1) is 19.4. The number of aryl methyl sites for hydroxylation is 1. The zero-order valence-electron chi connectivity index (χ0n) is 15.4. The normalized spacial score (nSPS) is 15.6. The molecule has 1 saturated heterocycles. The van der Waals surface area contributed by atoms with E-state index in [0.717, 1.165) is 4.90 Å². The van der Waals surface area contributed by atoms with Crippen molar-refractivity contribution in [3.05, 3.63) is 58.1 Å². The molecular weight excluding hydrogens is 384 g/mol. The van der Waals surface area contributed by atoms with Crippen molar-refractivity contribution in [2.75, 3.05) is 19.1 Å². The number of halogens is 1. The van der Waals surface area contributed by atoms with E-state index in [1.165, 1.54) is 26.4 Å². The van der Waals surface area contributed by atoms with E-state index in [0.29, 0.717) is 28.3 Å². The highest BCUT2D eigenvalue weighted by atomic mass is 35.5. The molecule has 0 radical (unpaired) electrons. The lowest BCUT2D eigenvalue weighted by molar-refractivity contribution is -0.122. The highest BCUT2D eigenvalue weighted by molar-refractivity contribution is 6.39. The number of anilines is 1. The van der Waals surface area contributed by atoms with E-state index in [1.54, 1.807) is 37.3 Å². The van der Waals surface area contributed by atoms with Crippen LogP contribution >= 0.6 is 11.6 Å². The molecule has 4 amide bonds. The maximum Gasteiger partial charge on any atom is 0.335 e. The third-order valence-electron chi connectivity index (χ3n) is 4.22. The molecule has 0 bridgehead atoms. The Morgan fingerprint density at radius 3 is 2.43 bits per heavy atom. The molecule has 1 aliphatic rings. The number of amides is 4. The summed E-state index contributed by atoms with van der Waals surface area (Å²) >= 11 is 6.19. The molecule has 0 atom stereocenters. The van der Waals surface area contributed by atoms with Crippen molar-refractivity contribution in [1.29, 1.82) is 0 Å². The zero-order chi connectivity index (χ0) is 20.4. The largest absolute Gasteiger partial charge is 0.493 e. The Balaban J connectivity index is 2.07. The van der Waals surface area contributed by atoms with Gasteiger partial charge in [-0.15, -0.1) is 0 Å². The summed E-state index contributed by atoms with van der Waals surface area (Å²) in [6, 6.07) is 9.21. The Hall–Kier alpha value is -3.32. The molecule has 1 fully saturated rings. The van der Waals surface area contributed by atoms with Crippen LogP contribution in [0.25, 0.3) is 6.08 Å². The van der Waals surface area contributed by atoms with Crippen molar-refractivity contribution in [2.24, 2.45) is 0 Å². The molecule has 28 heavy (non-hydrogen) atoms. The van der Waals surface area contributed by atoms with Gasteiger partial charge in [-0.3, -0.25) is 14.9 Å². The fourth-order valence-corrected chi connectivity index (χ4v) is 3.17. The van der Waals surface area contributed by atoms with Gasteiger partial charge in [0.2, 0.25) is 0 Å². The molecule has 0 aromatic heterocycles. The predicted octanol–water partition coefficient (Wildman–Crippen LogP) is 3.33. The van der Waals surface area contributed by atoms with E-state index >= 15 is 0 Å². The SMILES string of the molecule is COc1cc(/C=C2\C(=O)NC(=O)N(c3ccccc3C)C2=O)cc(Cl)c1OC. The maximum atomic E-state index is 13.0. The predicted molar refractivity (Wildman–Crippen MR) is 105 cm³/mol. The number of methoxy groups -OCH3 is 2. The number of rotatable bonds is 4. The monoisotopic (exact) mass is 400 g/mol. The summed E-state index contributed by atoms with van der Waals surface area (Å²) in [6.07, 6.45) is 1.35. The summed E-state index contributed by atoms with van der Waals surface area (Å²) in [6.45, 7) is 1.77. The number of hydrogen-bond acceptors (Lipinski definition) is 5. The number of urea groups is 1. The van der Waals surface area contributed by atoms with Gasteiger partial charge in [0.05, 0.1) is 24.9 Å². The summed E-state index contributed by atoms with van der Waals surface area (Å²) in [5, 5.41) is 2.45. The van der Waals surface area contributed by atoms with Crippen molar-refractivity contribution in [1.82, 2.24) is 5.32 Å². The number of hydrogen-bond donors (Lipinski definition) is 1. The number of para-hydroxylation sites is 1. The van der Waals surface area contributed by atoms with Crippen LogP contribution in [-0.4, -0.2) is 32.1 Å². The minimum absolute atomic E-state index is 0.203. The first-order valence-corrected chi connectivity index (χ1v) is 8.63. The zero-order valence-corrected chi connectivity index (χ0v) is 16.2. The molecule has 1 N–H and O–H groups in total. The van der Waals surface area contributed by atoms with Crippen LogP contribution in [0.1, 0.15) is 11.1 Å². The quantitative estimate of drug-likeness (QED) is 0.628. The van der Waals surface area contributed by atoms with Crippen molar-refractivity contribution in [3.8, 4) is 11.5 Å². The Morgan fingerprint density at radius 2 is 1.79 bits per heavy atom. The number of carbonyl (C=O) groups is 3. The van der Waals surface area contributed by atoms with E-state index in [1.807, 2.05) is 0 Å². The number of nitrogens with one attached hydrogen (secondary N) is 1. The minimum atomic E-state index is -0.799. The molecule has 7 nitrogen and oxygen atoms in total. The molecule has 0 spiro atoms. The van der Waals surface area contributed by atoms with E-state index in [-0.39, 0.29) is 10.6 Å². The van der Waals surface area contributed by atoms with Gasteiger partial charge in [0.15, 0.2) is 11.5 Å². The third kappa shape index (κ3) is 3.44. The lowest BCUT2D eigenvalue weighted by atomic mass is 10.1. The van der Waals surface area contributed by atoms with Gasteiger partial charge in [0, 0.05) is 0 Å². The molecule has 144 valence electrons. The molecule has 0 saturated carbocycles. The summed E-state index contributed by atoms with van der Waals surface area (Å²) in [5.41, 5.74) is 1.36. The van der Waals surface area contributed by atoms with E-state index in [9.17, 15) is 14.4 Å². The van der Waals surface area contributed by atoms with Crippen LogP contribution in [0, 0.1) is 6.92 Å². The second-order valence-electron chi connectivity index (χ2n) is 5.98. The molecule has 2 aromatic rings. The average molecular weight is 401 g/mol. The van der Waals surface area contributed by atoms with Crippen molar-refractivity contribution in [2.45, 2.75) is 6.92 Å². The Kier molecular flexibility index (Phi) is 5.37. The van der Waals surface area contributed by atoms with Gasteiger partial charge in [0.1, 0.15) is 5.57 Å². The Labute approximate surface area is 166 Å². The van der Waals surface area contributed by atoms with Gasteiger partial charge in [-0.25, -0.2) is 9.69 Å². The standard InChI is InChI=1S/C20H17ClN2O5/c1-11-6-4-5-7-15(11)23-19(25)13(18(24)22-20(23)26)8-12-9-14(21)17(28-3)16(10-12)27-2/h4-10H,1-3H3,(H,22,24,26)/b13-8+. The van der Waals surface area contributed by atoms with Crippen LogP contribution in [0.3, 0.4) is 0 Å². The number of nitrogens with zero attached hydrogens (tertiary/aromatic N) is 1. The Morgan fingerprint density at radius 1 is 1.07 bits per heavy atom. The van der Waals surface area contributed by atoms with E-state index in [2.05, 4.69) is 5.32 Å². The number of ether oxygens (including phenoxy) is 2. The summed E-state index contributed by atoms with van der Waals surface area (Å²) in [5.74, 6) is -0.834. The molecule has 3 rings (SSSR count). The van der Waals surface area contributed by atoms with Gasteiger partial charge in [0.25, 0.3) is 11.8 Å². The molecular formula is C20H17ClN2O5. The first-order chi connectivity index (χ1) is 13.4. The van der Waals surface area contributed by atoms with Crippen LogP contribution in [0.4, 0.5) is 10.5 Å². The van der Waals surface area contributed by atoms with Gasteiger partial charge >= 0.3 is 6.03 Å². The fourth-order valence-electron chi connectivity index (χ4n) is 2.88. The number of benzene rings is 2. The number of carbonyl (C=O) groups excluding carboxylic acids is 3. The van der Waals surface area contributed by atoms with Gasteiger partial charge in [-0.05, 0) is 42.3 Å². The number of imide groups is 2. The second kappa shape index (κ2) is 7.74. The van der Waals surface area contributed by atoms with Crippen LogP contribution in [0.2, 0.25) is 5.02 Å². The van der Waals surface area contributed by atoms with E-state index < -0.39 is 17.8 Å². The molecule has 0 aliphatic carbocycles. The summed E-state index contributed by atoms with van der Waals surface area (Å²) in [7, 11) is 2.90. The van der Waals surface area contributed by atoms with E-state index in [4.69, 9.17) is 21.1 Å². The summed E-state index contributed by atoms with van der Waals surface area (Å²) in [4.78, 5) is 38.5. The van der Waals surface area contributed by atoms with Gasteiger partial charge in [-0.1, -0.05) is 29.8 Å². The van der Waals surface area contributed by atoms with Gasteiger partial charge in [-0.2, -0.15) is 0 Å². The average Bonchev–Trinajstić information content (AvgIpc) is 2.66. The highest BCUT2D eigenvalue weighted by Gasteiger charge is 2.37. The lowest BCUT2D eigenvalue weighted by Crippen LogP contribution is -2.54. The topological polar surface area (TPSA) is 84.9 Å². The summed E-state index contributed by atoms with van der Waals surface area (Å²) < 4.78 is 10.4. The molecule has 2 aromatic carbocycles. The minimum Gasteiger partial charge on any atom is -0.493 e. The fraction of sp³-hybridized carbons (Fsp3) is 0.150. The van der Waals surface area contributed by atoms with Crippen LogP contribution < -0.4 is 19.7 Å². The first-order valence-electron chi connectivity index (χ1n) is 8.26. The van der Waals surface area contributed by atoms with Crippen LogP contribution in [0.15, 0.2) is 42.0 Å². The highest BCUT2D eigenvalue weighted by Crippen LogP contribution is 2.37. The molecule has 8 heteroatoms. The van der Waals surface area contributed by atoms with Crippen molar-refractivity contribution >= 4 is 41.2 Å². The lowest BCUT2D eigenvalue weighted by Gasteiger charge is -2.27. The Bertz CT molecular complexity index is 1020. The second-order valence-corrected chi connectivity index (χ2v) is 6.39. The van der Waals surface area contributed by atoms with Crippen molar-refractivity contribution < 1.29 is 23.9 Å². The van der Waals surface area contributed by atoms with Crippen LogP contribution in [0.5, 0.6) is 11.5 Å². The molecule has 0 unspecified atom stereocenters. The van der Waals surface area contributed by atoms with Crippen LogP contribution in [-0.2, 0) is 9.59 Å².